The van der Waals surface area contributed by atoms with E-state index in [0.717, 1.165) is 0 Å². The zero-order valence-corrected chi connectivity index (χ0v) is 11.2. The van der Waals surface area contributed by atoms with Crippen molar-refractivity contribution in [2.24, 2.45) is 0 Å². The van der Waals surface area contributed by atoms with Crippen LogP contribution in [0.5, 0.6) is 0 Å². The average Bonchev–Trinajstić information content (AvgIpc) is 2.06. The molecule has 0 aliphatic carbocycles. The number of carboxylic acid groups (broad SMARTS) is 1. The molecular weight excluding hydrogens is 266 g/mol. The summed E-state index contributed by atoms with van der Waals surface area (Å²) in [6, 6.07) is 0. The minimum Gasteiger partial charge on any atom is -0.481 e. The average molecular weight is 283 g/mol. The summed E-state index contributed by atoms with van der Waals surface area (Å²) in [5.41, 5.74) is -0.759. The summed E-state index contributed by atoms with van der Waals surface area (Å²) >= 11 is 0. The lowest BCUT2D eigenvalue weighted by atomic mass is 10.2. The van der Waals surface area contributed by atoms with Crippen molar-refractivity contribution in [1.82, 2.24) is 5.32 Å². The molecule has 0 radical (unpaired) electrons. The second kappa shape index (κ2) is 6.01. The first-order valence-electron chi connectivity index (χ1n) is 5.07. The molecule has 0 heterocycles. The Hall–Kier alpha value is -1.35. The Labute approximate surface area is 105 Å². The van der Waals surface area contributed by atoms with E-state index < -0.39 is 46.0 Å². The number of carbonyl (C=O) groups is 2. The lowest BCUT2D eigenvalue weighted by molar-refractivity contribution is -0.137. The van der Waals surface area contributed by atoms with Crippen molar-refractivity contribution >= 4 is 22.2 Å². The summed E-state index contributed by atoms with van der Waals surface area (Å²) < 4.78 is 35.3. The van der Waals surface area contributed by atoms with Gasteiger partial charge in [-0.25, -0.2) is 4.79 Å². The number of hydrogen-bond donors (Lipinski definition) is 3. The number of alkyl carbamates (subject to hydrolysis) is 1. The van der Waals surface area contributed by atoms with Gasteiger partial charge in [-0.05, 0) is 20.8 Å². The van der Waals surface area contributed by atoms with Crippen LogP contribution in [0.3, 0.4) is 0 Å². The number of aliphatic carboxylic acids is 1. The molecule has 0 aromatic rings. The Morgan fingerprint density at radius 3 is 2.17 bits per heavy atom. The van der Waals surface area contributed by atoms with Crippen LogP contribution in [0, 0.1) is 0 Å². The molecule has 0 saturated carbocycles. The quantitative estimate of drug-likeness (QED) is 0.616. The van der Waals surface area contributed by atoms with Gasteiger partial charge in [-0.1, -0.05) is 0 Å². The van der Waals surface area contributed by atoms with E-state index in [4.69, 9.17) is 14.4 Å². The molecule has 1 amide bonds. The van der Waals surface area contributed by atoms with Crippen LogP contribution in [0.2, 0.25) is 0 Å². The van der Waals surface area contributed by atoms with Crippen LogP contribution in [-0.2, 0) is 19.6 Å². The molecule has 0 bridgehead atoms. The molecule has 1 atom stereocenters. The fourth-order valence-corrected chi connectivity index (χ4v) is 1.64. The van der Waals surface area contributed by atoms with Crippen LogP contribution in [0.4, 0.5) is 4.79 Å². The normalized spacial score (nSPS) is 13.8. The van der Waals surface area contributed by atoms with Gasteiger partial charge in [0.05, 0.1) is 6.42 Å². The van der Waals surface area contributed by atoms with Gasteiger partial charge >= 0.3 is 12.1 Å². The second-order valence-electron chi connectivity index (χ2n) is 4.62. The van der Waals surface area contributed by atoms with Gasteiger partial charge in [-0.3, -0.25) is 9.35 Å². The third kappa shape index (κ3) is 7.85. The molecule has 8 nitrogen and oxygen atoms in total. The summed E-state index contributed by atoms with van der Waals surface area (Å²) in [7, 11) is -4.55. The number of carbonyl (C=O) groups excluding carboxylic acids is 1. The number of amides is 1. The molecule has 0 unspecified atom stereocenters. The maximum absolute atomic E-state index is 11.2. The number of nitrogens with one attached hydrogen (secondary N) is 1. The Morgan fingerprint density at radius 1 is 1.33 bits per heavy atom. The van der Waals surface area contributed by atoms with Crippen LogP contribution in [-0.4, -0.2) is 47.5 Å². The van der Waals surface area contributed by atoms with Crippen LogP contribution >= 0.6 is 0 Å². The Kier molecular flexibility index (Phi) is 5.55. The third-order valence-corrected chi connectivity index (χ3v) is 2.87. The van der Waals surface area contributed by atoms with Gasteiger partial charge in [0.1, 0.15) is 10.9 Å². The molecular formula is C9H17NO7S. The van der Waals surface area contributed by atoms with Crippen LogP contribution in [0.25, 0.3) is 0 Å². The molecule has 0 aromatic carbocycles. The highest BCUT2D eigenvalue weighted by molar-refractivity contribution is 7.86. The van der Waals surface area contributed by atoms with Crippen molar-refractivity contribution in [3.05, 3.63) is 0 Å². The van der Waals surface area contributed by atoms with Gasteiger partial charge in [-0.2, -0.15) is 8.42 Å². The maximum Gasteiger partial charge on any atom is 0.407 e. The maximum atomic E-state index is 11.2. The molecule has 3 N–H and O–H groups in total. The van der Waals surface area contributed by atoms with E-state index in [1.165, 1.54) is 0 Å². The molecule has 0 rings (SSSR count). The van der Waals surface area contributed by atoms with Gasteiger partial charge in [0, 0.05) is 6.54 Å². The summed E-state index contributed by atoms with van der Waals surface area (Å²) in [5, 5.41) is 8.96. The van der Waals surface area contributed by atoms with Crippen LogP contribution in [0.1, 0.15) is 27.2 Å². The van der Waals surface area contributed by atoms with Crippen LogP contribution < -0.4 is 5.32 Å². The van der Waals surface area contributed by atoms with E-state index in [2.05, 4.69) is 5.32 Å². The SMILES string of the molecule is CC(C)(C)OC(=O)NC[C@H](CC(=O)O)S(=O)(=O)O. The zero-order chi connectivity index (χ0) is 14.6. The van der Waals surface area contributed by atoms with Gasteiger partial charge in [0.15, 0.2) is 0 Å². The first-order valence-corrected chi connectivity index (χ1v) is 6.57. The molecule has 0 aliphatic heterocycles. The van der Waals surface area contributed by atoms with Crippen molar-refractivity contribution in [3.8, 4) is 0 Å². The van der Waals surface area contributed by atoms with Crippen molar-refractivity contribution < 1.29 is 32.4 Å². The van der Waals surface area contributed by atoms with Crippen molar-refractivity contribution in [2.75, 3.05) is 6.54 Å². The first kappa shape index (κ1) is 16.6. The summed E-state index contributed by atoms with van der Waals surface area (Å²) in [4.78, 5) is 21.6. The number of ether oxygens (including phenoxy) is 1. The lowest BCUT2D eigenvalue weighted by Gasteiger charge is -2.20. The fourth-order valence-electron chi connectivity index (χ4n) is 0.989. The second-order valence-corrected chi connectivity index (χ2v) is 6.31. The minimum absolute atomic E-state index is 0.542. The van der Waals surface area contributed by atoms with Gasteiger partial charge in [-0.15, -0.1) is 0 Å². The van der Waals surface area contributed by atoms with Gasteiger partial charge in [0.2, 0.25) is 0 Å². The summed E-state index contributed by atoms with van der Waals surface area (Å²) in [6.45, 7) is 4.30. The highest BCUT2D eigenvalue weighted by Gasteiger charge is 2.27. The predicted molar refractivity (Wildman–Crippen MR) is 61.8 cm³/mol. The molecule has 0 fully saturated rings. The van der Waals surface area contributed by atoms with E-state index in [1.807, 2.05) is 0 Å². The van der Waals surface area contributed by atoms with Crippen molar-refractivity contribution in [2.45, 2.75) is 38.0 Å². The van der Waals surface area contributed by atoms with Gasteiger partial charge in [0.25, 0.3) is 10.1 Å². The van der Waals surface area contributed by atoms with E-state index in [-0.39, 0.29) is 0 Å². The van der Waals surface area contributed by atoms with E-state index in [9.17, 15) is 18.0 Å². The number of carboxylic acids is 1. The van der Waals surface area contributed by atoms with E-state index >= 15 is 0 Å². The number of rotatable bonds is 5. The molecule has 0 aliphatic rings. The minimum atomic E-state index is -4.55. The van der Waals surface area contributed by atoms with Crippen molar-refractivity contribution in [1.29, 1.82) is 0 Å². The Balaban J connectivity index is 4.46. The monoisotopic (exact) mass is 283 g/mol. The topological polar surface area (TPSA) is 130 Å². The Morgan fingerprint density at radius 2 is 1.83 bits per heavy atom. The highest BCUT2D eigenvalue weighted by atomic mass is 32.2. The molecule has 106 valence electrons. The third-order valence-electron chi connectivity index (χ3n) is 1.70. The van der Waals surface area contributed by atoms with Crippen LogP contribution in [0.15, 0.2) is 0 Å². The van der Waals surface area contributed by atoms with E-state index in [0.29, 0.717) is 0 Å². The Bertz CT molecular complexity index is 409. The van der Waals surface area contributed by atoms with Crippen molar-refractivity contribution in [3.63, 3.8) is 0 Å². The molecule has 0 aromatic heterocycles. The fraction of sp³-hybridized carbons (Fsp3) is 0.778. The standard InChI is InChI=1S/C9H17NO7S/c1-9(2,3)17-8(13)10-5-6(4-7(11)12)18(14,15)16/h6H,4-5H2,1-3H3,(H,10,13)(H,11,12)(H,14,15,16)/t6-/m0/s1. The first-order chi connectivity index (χ1) is 7.92. The summed E-state index contributed by atoms with van der Waals surface area (Å²) in [6.07, 6.45) is -1.70. The molecule has 0 saturated heterocycles. The summed E-state index contributed by atoms with van der Waals surface area (Å²) in [5.74, 6) is -1.40. The van der Waals surface area contributed by atoms with Gasteiger partial charge < -0.3 is 15.2 Å². The lowest BCUT2D eigenvalue weighted by Crippen LogP contribution is -2.40. The predicted octanol–water partition coefficient (Wildman–Crippen LogP) is 0.242. The molecule has 9 heteroatoms. The zero-order valence-electron chi connectivity index (χ0n) is 10.3. The number of hydrogen-bond acceptors (Lipinski definition) is 5. The molecule has 18 heavy (non-hydrogen) atoms. The largest absolute Gasteiger partial charge is 0.481 e. The highest BCUT2D eigenvalue weighted by Crippen LogP contribution is 2.07. The molecule has 0 spiro atoms. The smallest absolute Gasteiger partial charge is 0.407 e. The van der Waals surface area contributed by atoms with E-state index in [1.54, 1.807) is 20.8 Å².